The van der Waals surface area contributed by atoms with E-state index >= 15 is 0 Å². The molecule has 172 valence electrons. The normalized spacial score (nSPS) is 12.9. The maximum Gasteiger partial charge on any atom is 0.162 e. The number of hydrogen-bond acceptors (Lipinski definition) is 4. The molecule has 0 bridgehead atoms. The molecule has 0 spiro atoms. The summed E-state index contributed by atoms with van der Waals surface area (Å²) in [6, 6.07) is 0. The number of carbonyl (C=O) groups is 1. The van der Waals surface area contributed by atoms with Gasteiger partial charge in [-0.25, -0.2) is 0 Å². The fourth-order valence-corrected chi connectivity index (χ4v) is 3.41. The average Bonchev–Trinajstić information content (AvgIpc) is 2.70. The van der Waals surface area contributed by atoms with E-state index in [1.165, 1.54) is 70.6 Å². The minimum absolute atomic E-state index is 0.0114. The van der Waals surface area contributed by atoms with Crippen LogP contribution in [0.25, 0.3) is 0 Å². The van der Waals surface area contributed by atoms with Crippen molar-refractivity contribution in [2.24, 2.45) is 0 Å². The molecule has 0 amide bonds. The number of nitrogens with zero attached hydrogens (tertiary/aromatic N) is 1. The Hall–Kier alpha value is -0.710. The molecule has 4 nitrogen and oxygen atoms in total. The fraction of sp³-hybridized carbons (Fsp3) is 0.880. The third-order valence-electron chi connectivity index (χ3n) is 5.35. The molecule has 0 rings (SSSR count). The average molecular weight is 411 g/mol. The first-order valence-electron chi connectivity index (χ1n) is 12.3. The van der Waals surface area contributed by atoms with Gasteiger partial charge in [0.15, 0.2) is 5.78 Å². The second kappa shape index (κ2) is 22.0. The number of Topliss-reactive ketones (excluding diaryl/α,β-unsaturated/α-hetero) is 1. The molecule has 1 unspecified atom stereocenters. The minimum Gasteiger partial charge on any atom is -0.384 e. The summed E-state index contributed by atoms with van der Waals surface area (Å²) in [6.07, 6.45) is 21.7. The molecule has 4 heteroatoms. The van der Waals surface area contributed by atoms with Gasteiger partial charge in [-0.2, -0.15) is 0 Å². The lowest BCUT2D eigenvalue weighted by Gasteiger charge is -2.12. The maximum absolute atomic E-state index is 11.9. The Kier molecular flexibility index (Phi) is 21.4. The number of aliphatic hydroxyl groups excluding tert-OH is 1. The van der Waals surface area contributed by atoms with E-state index in [1.54, 1.807) is 0 Å². The van der Waals surface area contributed by atoms with Gasteiger partial charge < -0.3 is 15.3 Å². The highest BCUT2D eigenvalue weighted by atomic mass is 16.3. The van der Waals surface area contributed by atoms with Gasteiger partial charge in [0, 0.05) is 13.0 Å². The van der Waals surface area contributed by atoms with Crippen molar-refractivity contribution in [3.8, 4) is 0 Å². The lowest BCUT2D eigenvalue weighted by molar-refractivity contribution is -0.127. The summed E-state index contributed by atoms with van der Waals surface area (Å²) in [5, 5.41) is 13.1. The van der Waals surface area contributed by atoms with E-state index in [1.807, 2.05) is 14.1 Å². The van der Waals surface area contributed by atoms with Crippen LogP contribution < -0.4 is 5.32 Å². The van der Waals surface area contributed by atoms with Crippen LogP contribution in [-0.2, 0) is 4.79 Å². The molecule has 0 radical (unpaired) electrons. The van der Waals surface area contributed by atoms with Crippen LogP contribution in [0.5, 0.6) is 0 Å². The van der Waals surface area contributed by atoms with Gasteiger partial charge >= 0.3 is 0 Å². The highest BCUT2D eigenvalue weighted by Crippen LogP contribution is 2.10. The number of allylic oxidation sites excluding steroid dienone is 2. The van der Waals surface area contributed by atoms with Gasteiger partial charge in [0.1, 0.15) is 6.10 Å². The molecule has 1 atom stereocenters. The molecule has 0 aromatic rings. The Morgan fingerprint density at radius 2 is 1.41 bits per heavy atom. The van der Waals surface area contributed by atoms with Crippen molar-refractivity contribution in [2.45, 2.75) is 109 Å². The number of rotatable bonds is 22. The molecule has 0 fully saturated rings. The Bertz CT molecular complexity index is 383. The summed E-state index contributed by atoms with van der Waals surface area (Å²) in [5.41, 5.74) is 0. The number of carbonyl (C=O) groups excluding carboxylic acids is 1. The number of unbranched alkanes of at least 4 members (excludes halogenated alkanes) is 11. The van der Waals surface area contributed by atoms with Crippen molar-refractivity contribution in [2.75, 3.05) is 33.7 Å². The van der Waals surface area contributed by atoms with Crippen LogP contribution in [0.2, 0.25) is 0 Å². The highest BCUT2D eigenvalue weighted by Gasteiger charge is 2.13. The summed E-state index contributed by atoms with van der Waals surface area (Å²) < 4.78 is 0. The third kappa shape index (κ3) is 21.8. The second-order valence-electron chi connectivity index (χ2n) is 8.68. The minimum atomic E-state index is -0.842. The molecule has 0 aliphatic heterocycles. The van der Waals surface area contributed by atoms with Gasteiger partial charge in [-0.15, -0.1) is 0 Å². The van der Waals surface area contributed by atoms with E-state index in [2.05, 4.69) is 29.3 Å². The molecule has 0 saturated heterocycles. The number of ketones is 1. The first-order chi connectivity index (χ1) is 14.1. The van der Waals surface area contributed by atoms with Gasteiger partial charge in [0.2, 0.25) is 0 Å². The Morgan fingerprint density at radius 3 is 2.00 bits per heavy atom. The molecule has 29 heavy (non-hydrogen) atoms. The predicted molar refractivity (Wildman–Crippen MR) is 127 cm³/mol. The summed E-state index contributed by atoms with van der Waals surface area (Å²) in [6.45, 7) is 4.51. The summed E-state index contributed by atoms with van der Waals surface area (Å²) in [4.78, 5) is 14.1. The topological polar surface area (TPSA) is 52.6 Å². The molecule has 0 saturated carbocycles. The van der Waals surface area contributed by atoms with Crippen molar-refractivity contribution >= 4 is 5.78 Å². The zero-order valence-corrected chi connectivity index (χ0v) is 19.8. The largest absolute Gasteiger partial charge is 0.384 e. The lowest BCUT2D eigenvalue weighted by atomic mass is 10.0. The number of aliphatic hydroxyl groups is 1. The third-order valence-corrected chi connectivity index (χ3v) is 5.35. The van der Waals surface area contributed by atoms with Crippen molar-refractivity contribution < 1.29 is 9.90 Å². The Morgan fingerprint density at radius 1 is 0.862 bits per heavy atom. The van der Waals surface area contributed by atoms with E-state index < -0.39 is 6.10 Å². The maximum atomic E-state index is 11.9. The van der Waals surface area contributed by atoms with Crippen LogP contribution in [0.4, 0.5) is 0 Å². The smallest absolute Gasteiger partial charge is 0.162 e. The van der Waals surface area contributed by atoms with Gasteiger partial charge in [-0.1, -0.05) is 70.4 Å². The molecule has 0 aliphatic rings. The van der Waals surface area contributed by atoms with Gasteiger partial charge in [0.05, 0.1) is 0 Å². The van der Waals surface area contributed by atoms with E-state index in [0.717, 1.165) is 32.4 Å². The van der Waals surface area contributed by atoms with Crippen LogP contribution >= 0.6 is 0 Å². The monoisotopic (exact) mass is 410 g/mol. The molecule has 0 aromatic heterocycles. The SMILES string of the molecule is CCCCCCCCC=CCCCCCCCC(=O)C(O)CNCCCN(C)C. The van der Waals surface area contributed by atoms with Crippen LogP contribution in [0.3, 0.4) is 0 Å². The molecule has 0 heterocycles. The molecular weight excluding hydrogens is 360 g/mol. The van der Waals surface area contributed by atoms with Crippen LogP contribution in [0, 0.1) is 0 Å². The van der Waals surface area contributed by atoms with Crippen LogP contribution in [0.15, 0.2) is 12.2 Å². The standard InChI is InChI=1S/C25H50N2O2/c1-4-5-6-7-8-9-10-11-12-13-14-15-16-17-18-20-24(28)25(29)23-26-21-19-22-27(2)3/h11-12,25-26,29H,4-10,13-23H2,1-3H3. The summed E-state index contributed by atoms with van der Waals surface area (Å²) in [7, 11) is 4.10. The van der Waals surface area contributed by atoms with E-state index in [0.29, 0.717) is 13.0 Å². The first-order valence-corrected chi connectivity index (χ1v) is 12.3. The Balaban J connectivity index is 3.36. The summed E-state index contributed by atoms with van der Waals surface area (Å²) in [5.74, 6) is -0.0114. The zero-order valence-electron chi connectivity index (χ0n) is 19.8. The quantitative estimate of drug-likeness (QED) is 0.183. The second-order valence-corrected chi connectivity index (χ2v) is 8.68. The Labute approximate surface area is 181 Å². The van der Waals surface area contributed by atoms with E-state index in [9.17, 15) is 9.90 Å². The van der Waals surface area contributed by atoms with Crippen molar-refractivity contribution in [3.63, 3.8) is 0 Å². The molecule has 0 aliphatic carbocycles. The zero-order chi connectivity index (χ0) is 21.6. The van der Waals surface area contributed by atoms with Gasteiger partial charge in [-0.3, -0.25) is 4.79 Å². The molecule has 2 N–H and O–H groups in total. The van der Waals surface area contributed by atoms with Crippen molar-refractivity contribution in [3.05, 3.63) is 12.2 Å². The van der Waals surface area contributed by atoms with Crippen LogP contribution in [-0.4, -0.2) is 55.6 Å². The first kappa shape index (κ1) is 28.3. The van der Waals surface area contributed by atoms with E-state index in [-0.39, 0.29) is 5.78 Å². The van der Waals surface area contributed by atoms with Gasteiger partial charge in [-0.05, 0) is 65.7 Å². The molecular formula is C25H50N2O2. The lowest BCUT2D eigenvalue weighted by Crippen LogP contribution is -2.34. The number of nitrogens with one attached hydrogen (secondary N) is 1. The van der Waals surface area contributed by atoms with Gasteiger partial charge in [0.25, 0.3) is 0 Å². The van der Waals surface area contributed by atoms with Crippen LogP contribution in [0.1, 0.15) is 103 Å². The van der Waals surface area contributed by atoms with Crippen molar-refractivity contribution in [1.82, 2.24) is 10.2 Å². The summed E-state index contributed by atoms with van der Waals surface area (Å²) >= 11 is 0. The van der Waals surface area contributed by atoms with E-state index in [4.69, 9.17) is 0 Å². The molecule has 0 aromatic carbocycles. The van der Waals surface area contributed by atoms with Crippen molar-refractivity contribution in [1.29, 1.82) is 0 Å². The fourth-order valence-electron chi connectivity index (χ4n) is 3.41. The predicted octanol–water partition coefficient (Wildman–Crippen LogP) is 5.50. The number of hydrogen-bond donors (Lipinski definition) is 2. The highest BCUT2D eigenvalue weighted by molar-refractivity contribution is 5.82.